The molecule has 0 aliphatic heterocycles. The summed E-state index contributed by atoms with van der Waals surface area (Å²) in [5.74, 6) is -0.481. The molecule has 1 rings (SSSR count). The average Bonchev–Trinajstić information content (AvgIpc) is 1.88. The van der Waals surface area contributed by atoms with Crippen molar-refractivity contribution in [3.63, 3.8) is 0 Å². The van der Waals surface area contributed by atoms with Gasteiger partial charge in [-0.2, -0.15) is 0 Å². The minimum absolute atomic E-state index is 0.115. The molecule has 1 aromatic carbocycles. The Labute approximate surface area is 63.1 Å². The van der Waals surface area contributed by atoms with E-state index in [1.807, 2.05) is 0 Å². The van der Waals surface area contributed by atoms with Gasteiger partial charge in [-0.3, -0.25) is 0 Å². The van der Waals surface area contributed by atoms with E-state index in [4.69, 9.17) is 16.7 Å². The fraction of sp³-hybridized carbons (Fsp3) is 0.143. The Morgan fingerprint density at radius 2 is 2.00 bits per heavy atom. The standard InChI is InChI=1S/C7H6ClFO/c8-7(10)5-3-1-2-4-6(5)9/h1-4,7,10H. The summed E-state index contributed by atoms with van der Waals surface area (Å²) >= 11 is 5.22. The predicted molar refractivity (Wildman–Crippen MR) is 37.2 cm³/mol. The van der Waals surface area contributed by atoms with E-state index in [2.05, 4.69) is 0 Å². The van der Waals surface area contributed by atoms with E-state index in [0.29, 0.717) is 0 Å². The highest BCUT2D eigenvalue weighted by Crippen LogP contribution is 2.18. The summed E-state index contributed by atoms with van der Waals surface area (Å²) in [7, 11) is 0. The molecule has 0 aliphatic rings. The second-order valence-corrected chi connectivity index (χ2v) is 2.27. The molecule has 0 fully saturated rings. The largest absolute Gasteiger partial charge is 0.373 e. The van der Waals surface area contributed by atoms with E-state index in [0.717, 1.165) is 0 Å². The number of hydrogen-bond donors (Lipinski definition) is 1. The van der Waals surface area contributed by atoms with Crippen LogP contribution in [-0.2, 0) is 0 Å². The maximum absolute atomic E-state index is 12.6. The van der Waals surface area contributed by atoms with Gasteiger partial charge in [0.1, 0.15) is 5.82 Å². The molecule has 0 radical (unpaired) electrons. The first kappa shape index (κ1) is 7.51. The smallest absolute Gasteiger partial charge is 0.156 e. The van der Waals surface area contributed by atoms with E-state index in [1.54, 1.807) is 6.07 Å². The van der Waals surface area contributed by atoms with Crippen molar-refractivity contribution < 1.29 is 9.50 Å². The van der Waals surface area contributed by atoms with Crippen LogP contribution >= 0.6 is 11.6 Å². The van der Waals surface area contributed by atoms with Crippen LogP contribution in [0.5, 0.6) is 0 Å². The van der Waals surface area contributed by atoms with Gasteiger partial charge in [0, 0.05) is 5.56 Å². The highest BCUT2D eigenvalue weighted by Gasteiger charge is 2.06. The first-order valence-electron chi connectivity index (χ1n) is 2.78. The lowest BCUT2D eigenvalue weighted by Crippen LogP contribution is -1.91. The molecule has 0 aromatic heterocycles. The van der Waals surface area contributed by atoms with Crippen molar-refractivity contribution in [2.24, 2.45) is 0 Å². The summed E-state index contributed by atoms with van der Waals surface area (Å²) in [5.41, 5.74) is -1.13. The van der Waals surface area contributed by atoms with Gasteiger partial charge in [-0.25, -0.2) is 4.39 Å². The van der Waals surface area contributed by atoms with Crippen LogP contribution in [0.15, 0.2) is 24.3 Å². The molecular weight excluding hydrogens is 155 g/mol. The number of hydrogen-bond acceptors (Lipinski definition) is 1. The molecule has 0 amide bonds. The summed E-state index contributed by atoms with van der Waals surface area (Å²) in [6.07, 6.45) is 0. The molecule has 1 N–H and O–H groups in total. The van der Waals surface area contributed by atoms with E-state index in [-0.39, 0.29) is 5.56 Å². The summed E-state index contributed by atoms with van der Waals surface area (Å²) < 4.78 is 12.6. The van der Waals surface area contributed by atoms with Crippen molar-refractivity contribution in [2.75, 3.05) is 0 Å². The third-order valence-corrected chi connectivity index (χ3v) is 1.40. The molecule has 0 heterocycles. The number of halogens is 2. The minimum Gasteiger partial charge on any atom is -0.373 e. The fourth-order valence-electron chi connectivity index (χ4n) is 0.668. The number of aliphatic hydroxyl groups is 1. The van der Waals surface area contributed by atoms with Gasteiger partial charge in [-0.1, -0.05) is 29.8 Å². The van der Waals surface area contributed by atoms with Crippen molar-refractivity contribution in [3.05, 3.63) is 35.6 Å². The predicted octanol–water partition coefficient (Wildman–Crippen LogP) is 2.06. The SMILES string of the molecule is OC(Cl)c1ccccc1F. The lowest BCUT2D eigenvalue weighted by atomic mass is 10.2. The molecule has 10 heavy (non-hydrogen) atoms. The van der Waals surface area contributed by atoms with Crippen molar-refractivity contribution in [3.8, 4) is 0 Å². The molecule has 0 saturated heterocycles. The Morgan fingerprint density at radius 3 is 2.40 bits per heavy atom. The molecule has 0 saturated carbocycles. The molecule has 1 unspecified atom stereocenters. The van der Waals surface area contributed by atoms with E-state index in [9.17, 15) is 4.39 Å². The van der Waals surface area contributed by atoms with Gasteiger partial charge in [-0.15, -0.1) is 0 Å². The van der Waals surface area contributed by atoms with Gasteiger partial charge in [0.15, 0.2) is 5.56 Å². The number of aliphatic hydroxyl groups excluding tert-OH is 1. The third-order valence-electron chi connectivity index (χ3n) is 1.16. The van der Waals surface area contributed by atoms with Crippen LogP contribution in [0.3, 0.4) is 0 Å². The second-order valence-electron chi connectivity index (χ2n) is 1.86. The Balaban J connectivity index is 3.03. The van der Waals surface area contributed by atoms with Gasteiger partial charge < -0.3 is 5.11 Å². The van der Waals surface area contributed by atoms with E-state index >= 15 is 0 Å². The molecular formula is C7H6ClFO. The Hall–Kier alpha value is -0.600. The fourth-order valence-corrected chi connectivity index (χ4v) is 0.845. The van der Waals surface area contributed by atoms with Crippen LogP contribution in [0, 0.1) is 5.82 Å². The maximum atomic E-state index is 12.6. The van der Waals surface area contributed by atoms with Crippen LogP contribution in [-0.4, -0.2) is 5.11 Å². The van der Waals surface area contributed by atoms with Gasteiger partial charge in [0.2, 0.25) is 0 Å². The molecule has 1 aromatic rings. The normalized spacial score (nSPS) is 13.1. The molecule has 0 bridgehead atoms. The van der Waals surface area contributed by atoms with Crippen molar-refractivity contribution >= 4 is 11.6 Å². The first-order chi connectivity index (χ1) is 4.72. The second kappa shape index (κ2) is 2.99. The monoisotopic (exact) mass is 160 g/mol. The Bertz CT molecular complexity index is 225. The van der Waals surface area contributed by atoms with Crippen molar-refractivity contribution in [1.82, 2.24) is 0 Å². The van der Waals surface area contributed by atoms with Crippen LogP contribution in [0.4, 0.5) is 4.39 Å². The van der Waals surface area contributed by atoms with Gasteiger partial charge in [0.25, 0.3) is 0 Å². The van der Waals surface area contributed by atoms with E-state index < -0.39 is 11.4 Å². The Morgan fingerprint density at radius 1 is 1.40 bits per heavy atom. The molecule has 0 spiro atoms. The van der Waals surface area contributed by atoms with Crippen LogP contribution in [0.25, 0.3) is 0 Å². The lowest BCUT2D eigenvalue weighted by Gasteiger charge is -2.01. The van der Waals surface area contributed by atoms with Gasteiger partial charge in [-0.05, 0) is 6.07 Å². The minimum atomic E-state index is -1.25. The molecule has 54 valence electrons. The summed E-state index contributed by atoms with van der Waals surface area (Å²) in [5, 5.41) is 8.73. The number of benzene rings is 1. The maximum Gasteiger partial charge on any atom is 0.156 e. The van der Waals surface area contributed by atoms with Crippen LogP contribution in [0.1, 0.15) is 11.1 Å². The summed E-state index contributed by atoms with van der Waals surface area (Å²) in [6.45, 7) is 0. The summed E-state index contributed by atoms with van der Waals surface area (Å²) in [4.78, 5) is 0. The zero-order chi connectivity index (χ0) is 7.56. The molecule has 1 atom stereocenters. The zero-order valence-corrected chi connectivity index (χ0v) is 5.85. The van der Waals surface area contributed by atoms with E-state index in [1.165, 1.54) is 18.2 Å². The van der Waals surface area contributed by atoms with Gasteiger partial charge >= 0.3 is 0 Å². The van der Waals surface area contributed by atoms with Crippen molar-refractivity contribution in [1.29, 1.82) is 0 Å². The van der Waals surface area contributed by atoms with Gasteiger partial charge in [0.05, 0.1) is 0 Å². The molecule has 0 aliphatic carbocycles. The quantitative estimate of drug-likeness (QED) is 0.624. The number of rotatable bonds is 1. The van der Waals surface area contributed by atoms with Crippen LogP contribution in [0.2, 0.25) is 0 Å². The molecule has 1 nitrogen and oxygen atoms in total. The van der Waals surface area contributed by atoms with Crippen molar-refractivity contribution in [2.45, 2.75) is 5.56 Å². The highest BCUT2D eigenvalue weighted by atomic mass is 35.5. The zero-order valence-electron chi connectivity index (χ0n) is 5.09. The van der Waals surface area contributed by atoms with Crippen LogP contribution < -0.4 is 0 Å². The average molecular weight is 161 g/mol. The third kappa shape index (κ3) is 1.46. The molecule has 3 heteroatoms. The topological polar surface area (TPSA) is 20.2 Å². The highest BCUT2D eigenvalue weighted by molar-refractivity contribution is 6.19. The Kier molecular flexibility index (Phi) is 2.25. The summed E-state index contributed by atoms with van der Waals surface area (Å²) in [6, 6.07) is 5.84. The number of alkyl halides is 1. The first-order valence-corrected chi connectivity index (χ1v) is 3.22. The lowest BCUT2D eigenvalue weighted by molar-refractivity contribution is 0.257.